The molecule has 0 N–H and O–H groups in total. The minimum absolute atomic E-state index is 0.175. The average Bonchev–Trinajstić information content (AvgIpc) is 2.81. The van der Waals surface area contributed by atoms with Crippen molar-refractivity contribution in [1.82, 2.24) is 0 Å². The molecule has 2 aromatic rings. The van der Waals surface area contributed by atoms with E-state index in [2.05, 4.69) is 4.74 Å². The Morgan fingerprint density at radius 3 is 2.50 bits per heavy atom. The van der Waals surface area contributed by atoms with Gasteiger partial charge in [-0.05, 0) is 23.8 Å². The third-order valence-electron chi connectivity index (χ3n) is 2.22. The second kappa shape index (κ2) is 4.56. The first kappa shape index (κ1) is 12.2. The number of furan rings is 1. The highest BCUT2D eigenvalue weighted by molar-refractivity contribution is 5.82. The van der Waals surface area contributed by atoms with Crippen LogP contribution in [0.25, 0.3) is 11.1 Å². The maximum atomic E-state index is 12.1. The third kappa shape index (κ3) is 2.71. The molecule has 0 bridgehead atoms. The highest BCUT2D eigenvalue weighted by atomic mass is 19.4. The van der Waals surface area contributed by atoms with E-state index in [-0.39, 0.29) is 5.56 Å². The summed E-state index contributed by atoms with van der Waals surface area (Å²) in [4.78, 5) is 10.8. The summed E-state index contributed by atoms with van der Waals surface area (Å²) < 4.78 is 44.8. The summed E-state index contributed by atoms with van der Waals surface area (Å²) in [7, 11) is 0. The van der Waals surface area contributed by atoms with E-state index >= 15 is 0 Å². The normalized spacial score (nSPS) is 11.3. The maximum absolute atomic E-state index is 12.1. The second-order valence-corrected chi connectivity index (χ2v) is 3.43. The van der Waals surface area contributed by atoms with Gasteiger partial charge in [-0.2, -0.15) is 0 Å². The number of halogens is 3. The van der Waals surface area contributed by atoms with Gasteiger partial charge < -0.3 is 9.15 Å². The molecule has 0 fully saturated rings. The SMILES string of the molecule is O=Cc1cc(-c2ccoc2)ccc1OC(F)(F)F. The largest absolute Gasteiger partial charge is 0.573 e. The Bertz CT molecular complexity index is 544. The standard InChI is InChI=1S/C12H7F3O3/c13-12(14,15)18-11-2-1-8(5-10(11)6-16)9-3-4-17-7-9/h1-7H. The highest BCUT2D eigenvalue weighted by Crippen LogP contribution is 2.29. The Labute approximate surface area is 99.8 Å². The van der Waals surface area contributed by atoms with Gasteiger partial charge in [0, 0.05) is 5.56 Å². The molecule has 0 aliphatic carbocycles. The molecule has 1 aromatic carbocycles. The predicted octanol–water partition coefficient (Wildman–Crippen LogP) is 3.66. The van der Waals surface area contributed by atoms with Gasteiger partial charge in [0.05, 0.1) is 18.1 Å². The molecule has 0 aliphatic rings. The van der Waals surface area contributed by atoms with Crippen molar-refractivity contribution >= 4 is 6.29 Å². The fourth-order valence-electron chi connectivity index (χ4n) is 1.47. The monoisotopic (exact) mass is 256 g/mol. The van der Waals surface area contributed by atoms with Crippen LogP contribution in [0.3, 0.4) is 0 Å². The third-order valence-corrected chi connectivity index (χ3v) is 2.22. The molecular weight excluding hydrogens is 249 g/mol. The number of ether oxygens (including phenoxy) is 1. The molecule has 0 aliphatic heterocycles. The molecule has 0 atom stereocenters. The molecule has 0 saturated carbocycles. The molecule has 2 rings (SSSR count). The van der Waals surface area contributed by atoms with Crippen LogP contribution in [0.1, 0.15) is 10.4 Å². The van der Waals surface area contributed by atoms with Crippen molar-refractivity contribution in [3.63, 3.8) is 0 Å². The molecule has 6 heteroatoms. The van der Waals surface area contributed by atoms with Crippen LogP contribution in [0.5, 0.6) is 5.75 Å². The Balaban J connectivity index is 2.38. The average molecular weight is 256 g/mol. The zero-order chi connectivity index (χ0) is 13.2. The van der Waals surface area contributed by atoms with Gasteiger partial charge in [0.2, 0.25) is 0 Å². The zero-order valence-corrected chi connectivity index (χ0v) is 8.90. The zero-order valence-electron chi connectivity index (χ0n) is 8.90. The van der Waals surface area contributed by atoms with Crippen LogP contribution in [-0.4, -0.2) is 12.6 Å². The minimum atomic E-state index is -4.82. The van der Waals surface area contributed by atoms with Crippen LogP contribution in [-0.2, 0) is 0 Å². The van der Waals surface area contributed by atoms with Crippen molar-refractivity contribution in [3.8, 4) is 16.9 Å². The summed E-state index contributed by atoms with van der Waals surface area (Å²) in [5.74, 6) is -0.523. The molecular formula is C12H7F3O3. The number of carbonyl (C=O) groups excluding carboxylic acids is 1. The van der Waals surface area contributed by atoms with E-state index in [1.807, 2.05) is 0 Å². The van der Waals surface area contributed by atoms with Gasteiger partial charge in [-0.1, -0.05) is 6.07 Å². The van der Waals surface area contributed by atoms with Crippen LogP contribution >= 0.6 is 0 Å². The predicted molar refractivity (Wildman–Crippen MR) is 56.2 cm³/mol. The molecule has 1 aromatic heterocycles. The first-order valence-corrected chi connectivity index (χ1v) is 4.87. The van der Waals surface area contributed by atoms with Gasteiger partial charge in [-0.3, -0.25) is 4.79 Å². The Morgan fingerprint density at radius 1 is 1.17 bits per heavy atom. The lowest BCUT2D eigenvalue weighted by Gasteiger charge is -2.11. The fourth-order valence-corrected chi connectivity index (χ4v) is 1.47. The van der Waals surface area contributed by atoms with Crippen LogP contribution in [0.2, 0.25) is 0 Å². The van der Waals surface area contributed by atoms with E-state index in [1.54, 1.807) is 6.07 Å². The van der Waals surface area contributed by atoms with Gasteiger partial charge in [0.1, 0.15) is 5.75 Å². The van der Waals surface area contributed by atoms with E-state index in [1.165, 1.54) is 24.7 Å². The van der Waals surface area contributed by atoms with Gasteiger partial charge in [-0.25, -0.2) is 0 Å². The molecule has 3 nitrogen and oxygen atoms in total. The molecule has 18 heavy (non-hydrogen) atoms. The highest BCUT2D eigenvalue weighted by Gasteiger charge is 2.32. The molecule has 0 spiro atoms. The smallest absolute Gasteiger partial charge is 0.472 e. The number of rotatable bonds is 3. The van der Waals surface area contributed by atoms with E-state index in [4.69, 9.17) is 4.42 Å². The lowest BCUT2D eigenvalue weighted by molar-refractivity contribution is -0.274. The van der Waals surface area contributed by atoms with Crippen LogP contribution < -0.4 is 4.74 Å². The second-order valence-electron chi connectivity index (χ2n) is 3.43. The number of aldehydes is 1. The van der Waals surface area contributed by atoms with Gasteiger partial charge in [0.15, 0.2) is 6.29 Å². The molecule has 0 radical (unpaired) electrons. The van der Waals surface area contributed by atoms with Crippen molar-refractivity contribution in [2.75, 3.05) is 0 Å². The van der Waals surface area contributed by atoms with E-state index in [9.17, 15) is 18.0 Å². The first-order valence-electron chi connectivity index (χ1n) is 4.87. The van der Waals surface area contributed by atoms with E-state index in [0.717, 1.165) is 6.07 Å². The molecule has 1 heterocycles. The van der Waals surface area contributed by atoms with Gasteiger partial charge in [-0.15, -0.1) is 13.2 Å². The fraction of sp³-hybridized carbons (Fsp3) is 0.0833. The Morgan fingerprint density at radius 2 is 1.94 bits per heavy atom. The maximum Gasteiger partial charge on any atom is 0.573 e. The Kier molecular flexibility index (Phi) is 3.10. The lowest BCUT2D eigenvalue weighted by atomic mass is 10.1. The quantitative estimate of drug-likeness (QED) is 0.787. The number of hydrogen-bond donors (Lipinski definition) is 0. The number of alkyl halides is 3. The first-order chi connectivity index (χ1) is 8.49. The van der Waals surface area contributed by atoms with E-state index < -0.39 is 12.1 Å². The summed E-state index contributed by atoms with van der Waals surface area (Å²) in [6.45, 7) is 0. The summed E-state index contributed by atoms with van der Waals surface area (Å²) >= 11 is 0. The molecule has 0 amide bonds. The summed E-state index contributed by atoms with van der Waals surface area (Å²) in [6.07, 6.45) is -1.66. The van der Waals surface area contributed by atoms with E-state index in [0.29, 0.717) is 17.4 Å². The van der Waals surface area contributed by atoms with Crippen LogP contribution in [0, 0.1) is 0 Å². The Hall–Kier alpha value is -2.24. The van der Waals surface area contributed by atoms with Crippen molar-refractivity contribution in [3.05, 3.63) is 42.4 Å². The van der Waals surface area contributed by atoms with Crippen LogP contribution in [0.15, 0.2) is 41.2 Å². The number of hydrogen-bond acceptors (Lipinski definition) is 3. The van der Waals surface area contributed by atoms with Gasteiger partial charge in [0.25, 0.3) is 0 Å². The van der Waals surface area contributed by atoms with Gasteiger partial charge >= 0.3 is 6.36 Å². The van der Waals surface area contributed by atoms with Crippen molar-refractivity contribution in [1.29, 1.82) is 0 Å². The number of carbonyl (C=O) groups is 1. The molecule has 0 saturated heterocycles. The van der Waals surface area contributed by atoms with Crippen LogP contribution in [0.4, 0.5) is 13.2 Å². The lowest BCUT2D eigenvalue weighted by Crippen LogP contribution is -2.18. The molecule has 94 valence electrons. The van der Waals surface area contributed by atoms with Crippen molar-refractivity contribution in [2.45, 2.75) is 6.36 Å². The van der Waals surface area contributed by atoms with Crippen molar-refractivity contribution < 1.29 is 27.1 Å². The minimum Gasteiger partial charge on any atom is -0.472 e. The van der Waals surface area contributed by atoms with Crippen molar-refractivity contribution in [2.24, 2.45) is 0 Å². The summed E-state index contributed by atoms with van der Waals surface area (Å²) in [6, 6.07) is 5.45. The topological polar surface area (TPSA) is 39.4 Å². The summed E-state index contributed by atoms with van der Waals surface area (Å²) in [5, 5.41) is 0. The molecule has 0 unspecified atom stereocenters. The summed E-state index contributed by atoms with van der Waals surface area (Å²) in [5.41, 5.74) is 1.06. The number of benzene rings is 1.